The third-order valence-corrected chi connectivity index (χ3v) is 6.00. The molecule has 2 aromatic rings. The van der Waals surface area contributed by atoms with Crippen LogP contribution in [-0.2, 0) is 32.3 Å². The van der Waals surface area contributed by atoms with E-state index in [1.54, 1.807) is 0 Å². The topological polar surface area (TPSA) is 206 Å². The minimum Gasteiger partial charge on any atom is -0.480 e. The predicted octanol–water partition coefficient (Wildman–Crippen LogP) is 2.18. The molecule has 1 atom stereocenters. The molecule has 0 aromatic carbocycles. The van der Waals surface area contributed by atoms with Gasteiger partial charge in [-0.3, -0.25) is 4.79 Å². The van der Waals surface area contributed by atoms with Crippen molar-refractivity contribution in [3.63, 3.8) is 0 Å². The first-order chi connectivity index (χ1) is 16.3. The van der Waals surface area contributed by atoms with Gasteiger partial charge in [-0.2, -0.15) is 0 Å². The van der Waals surface area contributed by atoms with Crippen molar-refractivity contribution in [1.82, 2.24) is 5.32 Å². The number of carboxylic acid groups (broad SMARTS) is 1. The molecule has 0 fully saturated rings. The van der Waals surface area contributed by atoms with Gasteiger partial charge in [0.25, 0.3) is 0 Å². The lowest BCUT2D eigenvalue weighted by molar-refractivity contribution is -0.141. The summed E-state index contributed by atoms with van der Waals surface area (Å²) in [6.45, 7) is 4.79. The molecule has 0 aliphatic heterocycles. The van der Waals surface area contributed by atoms with Crippen molar-refractivity contribution >= 4 is 46.0 Å². The monoisotopic (exact) mass is 535 g/mol. The summed E-state index contributed by atoms with van der Waals surface area (Å²) in [7, 11) is 0. The van der Waals surface area contributed by atoms with E-state index in [0.717, 1.165) is 0 Å². The lowest BCUT2D eigenvalue weighted by Crippen LogP contribution is -2.49. The van der Waals surface area contributed by atoms with Crippen LogP contribution in [0.3, 0.4) is 0 Å². The number of rotatable bonds is 10. The molecule has 0 spiro atoms. The molecule has 0 aliphatic carbocycles. The van der Waals surface area contributed by atoms with Crippen LogP contribution in [0.1, 0.15) is 36.9 Å². The van der Waals surface area contributed by atoms with Crippen LogP contribution in [0.5, 0.6) is 0 Å². The highest BCUT2D eigenvalue weighted by Crippen LogP contribution is 2.27. The van der Waals surface area contributed by atoms with Crippen LogP contribution in [0, 0.1) is 13.8 Å². The Hall–Kier alpha value is -3.40. The number of carbonyl (C=O) groups is 4. The number of carbonyl (C=O) groups excluding carboxylic acids is 3. The molecular weight excluding hydrogens is 514 g/mol. The number of hydrogen-bond donors (Lipinski definition) is 2. The first-order valence-corrected chi connectivity index (χ1v) is 11.5. The molecule has 0 bridgehead atoms. The Balaban J connectivity index is 1.84. The minimum atomic E-state index is -1.49. The minimum absolute atomic E-state index is 0.00256. The number of carboxylic acids is 1. The number of amides is 1. The molecule has 2 aromatic heterocycles. The van der Waals surface area contributed by atoms with Gasteiger partial charge in [-0.05, 0) is 51.2 Å². The zero-order valence-corrected chi connectivity index (χ0v) is 20.5. The summed E-state index contributed by atoms with van der Waals surface area (Å²) in [5.74, 6) is -4.27. The van der Waals surface area contributed by atoms with Gasteiger partial charge < -0.3 is 37.6 Å². The SMILES string of the molecule is Cc1oc(=O)oc1COC(=O)SC[C@H](NC(=O)C(C)(C)SC(=O)OCc1oc(=O)oc1C)C(=O)O. The maximum atomic E-state index is 12.6. The maximum Gasteiger partial charge on any atom is 0.519 e. The number of aliphatic carboxylic acids is 1. The van der Waals surface area contributed by atoms with Gasteiger partial charge in [-0.15, -0.1) is 0 Å². The molecule has 35 heavy (non-hydrogen) atoms. The van der Waals surface area contributed by atoms with Gasteiger partial charge in [0, 0.05) is 5.75 Å². The smallest absolute Gasteiger partial charge is 0.480 e. The zero-order valence-electron chi connectivity index (χ0n) is 18.9. The highest BCUT2D eigenvalue weighted by Gasteiger charge is 2.35. The fourth-order valence-corrected chi connectivity index (χ4v) is 3.60. The lowest BCUT2D eigenvalue weighted by atomic mass is 10.2. The summed E-state index contributed by atoms with van der Waals surface area (Å²) in [6.07, 6.45) is 0. The fraction of sp³-hybridized carbons (Fsp3) is 0.474. The number of nitrogens with one attached hydrogen (secondary N) is 1. The van der Waals surface area contributed by atoms with E-state index in [2.05, 4.69) is 18.6 Å². The van der Waals surface area contributed by atoms with Crippen molar-refractivity contribution in [1.29, 1.82) is 0 Å². The highest BCUT2D eigenvalue weighted by molar-refractivity contribution is 8.15. The van der Waals surface area contributed by atoms with E-state index in [0.29, 0.717) is 23.5 Å². The van der Waals surface area contributed by atoms with Crippen molar-refractivity contribution in [2.24, 2.45) is 0 Å². The van der Waals surface area contributed by atoms with Gasteiger partial charge in [0.1, 0.15) is 6.04 Å². The molecule has 0 saturated heterocycles. The second-order valence-electron chi connectivity index (χ2n) is 7.23. The van der Waals surface area contributed by atoms with Gasteiger partial charge in [-0.1, -0.05) is 0 Å². The Labute approximate surface area is 204 Å². The normalized spacial score (nSPS) is 12.1. The summed E-state index contributed by atoms with van der Waals surface area (Å²) >= 11 is 0.939. The number of aryl methyl sites for hydroxylation is 2. The molecule has 0 radical (unpaired) electrons. The van der Waals surface area contributed by atoms with Crippen LogP contribution in [0.25, 0.3) is 0 Å². The summed E-state index contributed by atoms with van der Waals surface area (Å²) < 4.78 is 27.0. The summed E-state index contributed by atoms with van der Waals surface area (Å²) in [5.41, 5.74) is 0. The Morgan fingerprint density at radius 1 is 0.914 bits per heavy atom. The second kappa shape index (κ2) is 11.8. The van der Waals surface area contributed by atoms with E-state index in [1.165, 1.54) is 27.7 Å². The van der Waals surface area contributed by atoms with Gasteiger partial charge in [0.05, 0.1) is 4.75 Å². The maximum absolute atomic E-state index is 12.6. The van der Waals surface area contributed by atoms with E-state index in [-0.39, 0.29) is 23.0 Å². The Kier molecular flexibility index (Phi) is 9.41. The summed E-state index contributed by atoms with van der Waals surface area (Å²) in [5, 5.41) is 9.86. The fourth-order valence-electron chi connectivity index (χ4n) is 2.25. The van der Waals surface area contributed by atoms with Gasteiger partial charge >= 0.3 is 28.2 Å². The third kappa shape index (κ3) is 8.40. The number of hydrogen-bond acceptors (Lipinski definition) is 14. The van der Waals surface area contributed by atoms with Gasteiger partial charge in [0.2, 0.25) is 5.91 Å². The van der Waals surface area contributed by atoms with Gasteiger partial charge in [0.15, 0.2) is 36.3 Å². The number of ether oxygens (including phenoxy) is 2. The largest absolute Gasteiger partial charge is 0.519 e. The zero-order chi connectivity index (χ0) is 26.3. The molecule has 14 nitrogen and oxygen atoms in total. The average molecular weight is 536 g/mol. The highest BCUT2D eigenvalue weighted by atomic mass is 32.2. The molecule has 2 heterocycles. The molecule has 192 valence electrons. The first kappa shape index (κ1) is 27.8. The van der Waals surface area contributed by atoms with E-state index in [1.807, 2.05) is 0 Å². The Bertz CT molecular complexity index is 1200. The third-order valence-electron chi connectivity index (χ3n) is 4.17. The van der Waals surface area contributed by atoms with Crippen molar-refractivity contribution < 1.29 is 51.4 Å². The molecule has 2 N–H and O–H groups in total. The molecule has 0 unspecified atom stereocenters. The van der Waals surface area contributed by atoms with E-state index in [4.69, 9.17) is 13.9 Å². The molecule has 0 saturated carbocycles. The summed E-state index contributed by atoms with van der Waals surface area (Å²) in [4.78, 5) is 70.1. The van der Waals surface area contributed by atoms with Gasteiger partial charge in [-0.25, -0.2) is 24.0 Å². The van der Waals surface area contributed by atoms with Crippen LogP contribution >= 0.6 is 23.5 Å². The molecule has 16 heteroatoms. The average Bonchev–Trinajstić information content (AvgIpc) is 3.25. The summed E-state index contributed by atoms with van der Waals surface area (Å²) in [6, 6.07) is -1.49. The Morgan fingerprint density at radius 3 is 1.83 bits per heavy atom. The van der Waals surface area contributed by atoms with Crippen LogP contribution in [0.2, 0.25) is 0 Å². The van der Waals surface area contributed by atoms with Crippen molar-refractivity contribution in [2.45, 2.75) is 51.7 Å². The lowest BCUT2D eigenvalue weighted by Gasteiger charge is -2.24. The molecular formula is C19H21NO13S2. The van der Waals surface area contributed by atoms with Crippen molar-refractivity contribution in [3.8, 4) is 0 Å². The Morgan fingerprint density at radius 2 is 1.40 bits per heavy atom. The molecule has 2 rings (SSSR count). The van der Waals surface area contributed by atoms with E-state index in [9.17, 15) is 33.9 Å². The number of thioether (sulfide) groups is 2. The van der Waals surface area contributed by atoms with E-state index >= 15 is 0 Å². The standard InChI is InChI=1S/C19H21NO13S2/c1-8-11(32-15(24)30-8)5-28-17(26)34-7-10(13(21)22)20-14(23)19(3,4)35-18(27)29-6-12-9(2)31-16(25)33-12/h10H,5-7H2,1-4H3,(H,20,23)(H,21,22)/t10-/m0/s1. The molecule has 0 aliphatic rings. The quantitative estimate of drug-likeness (QED) is 0.418. The van der Waals surface area contributed by atoms with Crippen LogP contribution < -0.4 is 17.0 Å². The first-order valence-electron chi connectivity index (χ1n) is 9.66. The van der Waals surface area contributed by atoms with Crippen LogP contribution in [-0.4, -0.2) is 44.1 Å². The van der Waals surface area contributed by atoms with Crippen molar-refractivity contribution in [2.75, 3.05) is 5.75 Å². The van der Waals surface area contributed by atoms with E-state index < -0.39 is 63.9 Å². The van der Waals surface area contributed by atoms with Crippen LogP contribution in [0.15, 0.2) is 27.3 Å². The predicted molar refractivity (Wildman–Crippen MR) is 118 cm³/mol. The van der Waals surface area contributed by atoms with Crippen molar-refractivity contribution in [3.05, 3.63) is 44.3 Å². The molecule has 1 amide bonds. The second-order valence-corrected chi connectivity index (χ2v) is 9.75. The van der Waals surface area contributed by atoms with Crippen LogP contribution in [0.4, 0.5) is 9.59 Å².